The SMILES string of the molecule is NC(=O)c1cc([C@@H](O)CNC(CCCCCOCCCCc2cccc(I)c2)Cc2ccccc2)ccc1OCc1ccccc1. The summed E-state index contributed by atoms with van der Waals surface area (Å²) in [5, 5.41) is 14.7. The Morgan fingerprint density at radius 2 is 1.48 bits per heavy atom. The number of benzene rings is 4. The lowest BCUT2D eigenvalue weighted by molar-refractivity contribution is 0.0995. The van der Waals surface area contributed by atoms with Crippen LogP contribution in [0.1, 0.15) is 77.2 Å². The molecule has 0 bridgehead atoms. The molecule has 4 N–H and O–H groups in total. The number of aryl methyl sites for hydroxylation is 1. The number of hydrogen-bond acceptors (Lipinski definition) is 5. The highest BCUT2D eigenvalue weighted by Gasteiger charge is 2.17. The van der Waals surface area contributed by atoms with Gasteiger partial charge < -0.3 is 25.6 Å². The second kappa shape index (κ2) is 20.1. The standard InChI is InChI=1S/C39H47IN2O4/c40-34-19-12-18-30(25-34)15-9-11-24-45-23-10-3-8-20-35(26-31-13-4-1-5-14-31)42-28-37(43)33-21-22-38(36(27-33)39(41)44)46-29-32-16-6-2-7-17-32/h1-2,4-7,12-14,16-19,21-22,25,27,35,37,42-43H,3,8-11,15,20,23-24,26,28-29H2,(H2,41,44)/t35?,37-/m0/s1. The molecule has 6 nitrogen and oxygen atoms in total. The van der Waals surface area contributed by atoms with Crippen LogP contribution in [0.3, 0.4) is 0 Å². The van der Waals surface area contributed by atoms with E-state index in [-0.39, 0.29) is 11.6 Å². The number of aliphatic hydroxyl groups is 1. The number of carbonyl (C=O) groups is 1. The van der Waals surface area contributed by atoms with E-state index in [2.05, 4.69) is 76.4 Å². The molecule has 7 heteroatoms. The van der Waals surface area contributed by atoms with Crippen molar-refractivity contribution < 1.29 is 19.4 Å². The number of ether oxygens (including phenoxy) is 2. The van der Waals surface area contributed by atoms with Crippen LogP contribution in [0.5, 0.6) is 5.75 Å². The molecule has 0 spiro atoms. The molecule has 0 saturated carbocycles. The number of rotatable bonds is 21. The van der Waals surface area contributed by atoms with Gasteiger partial charge in [0.15, 0.2) is 0 Å². The number of carbonyl (C=O) groups excluding carboxylic acids is 1. The van der Waals surface area contributed by atoms with E-state index in [4.69, 9.17) is 15.2 Å². The van der Waals surface area contributed by atoms with Gasteiger partial charge in [-0.15, -0.1) is 0 Å². The van der Waals surface area contributed by atoms with E-state index in [0.29, 0.717) is 24.5 Å². The maximum atomic E-state index is 12.2. The summed E-state index contributed by atoms with van der Waals surface area (Å²) in [6.07, 6.45) is 7.64. The predicted molar refractivity (Wildman–Crippen MR) is 194 cm³/mol. The van der Waals surface area contributed by atoms with Crippen molar-refractivity contribution in [3.05, 3.63) is 135 Å². The van der Waals surface area contributed by atoms with Gasteiger partial charge in [-0.3, -0.25) is 4.79 Å². The summed E-state index contributed by atoms with van der Waals surface area (Å²) in [7, 11) is 0. The third-order valence-electron chi connectivity index (χ3n) is 8.05. The van der Waals surface area contributed by atoms with Crippen molar-refractivity contribution in [2.75, 3.05) is 19.8 Å². The van der Waals surface area contributed by atoms with Crippen LogP contribution in [0, 0.1) is 3.57 Å². The minimum absolute atomic E-state index is 0.211. The van der Waals surface area contributed by atoms with E-state index < -0.39 is 12.0 Å². The minimum Gasteiger partial charge on any atom is -0.488 e. The maximum Gasteiger partial charge on any atom is 0.252 e. The normalized spacial score (nSPS) is 12.5. The fraction of sp³-hybridized carbons (Fsp3) is 0.359. The Bertz CT molecular complexity index is 1450. The fourth-order valence-electron chi connectivity index (χ4n) is 5.48. The van der Waals surface area contributed by atoms with Gasteiger partial charge in [0, 0.05) is 29.4 Å². The molecule has 0 saturated heterocycles. The van der Waals surface area contributed by atoms with Crippen LogP contribution >= 0.6 is 22.6 Å². The second-order valence-corrected chi connectivity index (χ2v) is 13.0. The van der Waals surface area contributed by atoms with Gasteiger partial charge >= 0.3 is 0 Å². The minimum atomic E-state index is -0.793. The predicted octanol–water partition coefficient (Wildman–Crippen LogP) is 7.80. The molecule has 4 aromatic rings. The average molecular weight is 735 g/mol. The number of halogens is 1. The second-order valence-electron chi connectivity index (χ2n) is 11.8. The molecular formula is C39H47IN2O4. The van der Waals surface area contributed by atoms with Gasteiger partial charge in [0.25, 0.3) is 5.91 Å². The van der Waals surface area contributed by atoms with Gasteiger partial charge in [-0.25, -0.2) is 0 Å². The molecule has 4 aromatic carbocycles. The Labute approximate surface area is 287 Å². The van der Waals surface area contributed by atoms with Gasteiger partial charge in [0.1, 0.15) is 12.4 Å². The molecule has 0 radical (unpaired) electrons. The molecule has 0 aliphatic carbocycles. The van der Waals surface area contributed by atoms with E-state index in [9.17, 15) is 9.90 Å². The third kappa shape index (κ3) is 12.9. The molecule has 0 aliphatic rings. The fourth-order valence-corrected chi connectivity index (χ4v) is 6.09. The first kappa shape index (κ1) is 35.6. The Morgan fingerprint density at radius 3 is 2.20 bits per heavy atom. The summed E-state index contributed by atoms with van der Waals surface area (Å²) in [5.74, 6) is -0.175. The van der Waals surface area contributed by atoms with Crippen molar-refractivity contribution >= 4 is 28.5 Å². The Balaban J connectivity index is 1.20. The molecule has 4 rings (SSSR count). The zero-order chi connectivity index (χ0) is 32.4. The van der Waals surface area contributed by atoms with Crippen molar-refractivity contribution in [3.63, 3.8) is 0 Å². The Hall–Kier alpha value is -3.24. The first-order valence-electron chi connectivity index (χ1n) is 16.4. The summed E-state index contributed by atoms with van der Waals surface area (Å²) in [6.45, 7) is 2.31. The molecule has 0 fully saturated rings. The number of hydrogen-bond donors (Lipinski definition) is 3. The topological polar surface area (TPSA) is 93.8 Å². The highest BCUT2D eigenvalue weighted by atomic mass is 127. The number of primary amides is 1. The summed E-state index contributed by atoms with van der Waals surface area (Å²) in [5.41, 5.74) is 10.2. The molecule has 0 aliphatic heterocycles. The molecule has 1 unspecified atom stereocenters. The summed E-state index contributed by atoms with van der Waals surface area (Å²) < 4.78 is 13.1. The quantitative estimate of drug-likeness (QED) is 0.0601. The number of unbranched alkanes of at least 4 members (excludes halogenated alkanes) is 3. The van der Waals surface area contributed by atoms with E-state index in [1.165, 1.54) is 14.7 Å². The van der Waals surface area contributed by atoms with E-state index in [0.717, 1.165) is 70.1 Å². The van der Waals surface area contributed by atoms with Crippen LogP contribution < -0.4 is 15.8 Å². The first-order chi connectivity index (χ1) is 22.5. The Kier molecular flexibility index (Phi) is 15.6. The molecule has 0 heterocycles. The van der Waals surface area contributed by atoms with Crippen LogP contribution in [0.15, 0.2) is 103 Å². The van der Waals surface area contributed by atoms with Crippen molar-refractivity contribution in [3.8, 4) is 5.75 Å². The van der Waals surface area contributed by atoms with Gasteiger partial charge in [-0.2, -0.15) is 0 Å². The van der Waals surface area contributed by atoms with Crippen LogP contribution in [0.2, 0.25) is 0 Å². The van der Waals surface area contributed by atoms with Crippen LogP contribution in [0.4, 0.5) is 0 Å². The van der Waals surface area contributed by atoms with E-state index in [1.54, 1.807) is 18.2 Å². The molecule has 1 amide bonds. The van der Waals surface area contributed by atoms with E-state index >= 15 is 0 Å². The van der Waals surface area contributed by atoms with Crippen molar-refractivity contribution in [1.29, 1.82) is 0 Å². The zero-order valence-electron chi connectivity index (χ0n) is 26.6. The summed E-state index contributed by atoms with van der Waals surface area (Å²) >= 11 is 2.36. The number of aliphatic hydroxyl groups excluding tert-OH is 1. The number of nitrogens with one attached hydrogen (secondary N) is 1. The van der Waals surface area contributed by atoms with Crippen LogP contribution in [-0.4, -0.2) is 36.8 Å². The van der Waals surface area contributed by atoms with E-state index in [1.807, 2.05) is 36.4 Å². The molecule has 2 atom stereocenters. The first-order valence-corrected chi connectivity index (χ1v) is 17.4. The number of amides is 1. The lowest BCUT2D eigenvalue weighted by atomic mass is 9.99. The molecule has 244 valence electrons. The van der Waals surface area contributed by atoms with Gasteiger partial charge in [0.05, 0.1) is 11.7 Å². The number of nitrogens with two attached hydrogens (primary N) is 1. The van der Waals surface area contributed by atoms with Crippen molar-refractivity contribution in [2.45, 2.75) is 70.1 Å². The molecule has 46 heavy (non-hydrogen) atoms. The maximum absolute atomic E-state index is 12.2. The largest absolute Gasteiger partial charge is 0.488 e. The highest BCUT2D eigenvalue weighted by Crippen LogP contribution is 2.25. The lowest BCUT2D eigenvalue weighted by Crippen LogP contribution is -2.34. The third-order valence-corrected chi connectivity index (χ3v) is 8.72. The lowest BCUT2D eigenvalue weighted by Gasteiger charge is -2.22. The van der Waals surface area contributed by atoms with Crippen LogP contribution in [-0.2, 0) is 24.2 Å². The summed E-state index contributed by atoms with van der Waals surface area (Å²) in [6, 6.07) is 34.3. The molecule has 0 aromatic heterocycles. The Morgan fingerprint density at radius 1 is 0.783 bits per heavy atom. The van der Waals surface area contributed by atoms with Crippen molar-refractivity contribution in [2.24, 2.45) is 5.73 Å². The zero-order valence-corrected chi connectivity index (χ0v) is 28.7. The monoisotopic (exact) mass is 734 g/mol. The highest BCUT2D eigenvalue weighted by molar-refractivity contribution is 14.1. The van der Waals surface area contributed by atoms with Crippen molar-refractivity contribution in [1.82, 2.24) is 5.32 Å². The van der Waals surface area contributed by atoms with Gasteiger partial charge in [-0.05, 0) is 108 Å². The summed E-state index contributed by atoms with van der Waals surface area (Å²) in [4.78, 5) is 12.2. The van der Waals surface area contributed by atoms with Gasteiger partial charge in [0.2, 0.25) is 0 Å². The smallest absolute Gasteiger partial charge is 0.252 e. The molecular weight excluding hydrogens is 687 g/mol. The average Bonchev–Trinajstić information content (AvgIpc) is 3.07. The van der Waals surface area contributed by atoms with Gasteiger partial charge in [-0.1, -0.05) is 91.7 Å². The van der Waals surface area contributed by atoms with Crippen LogP contribution in [0.25, 0.3) is 0 Å².